The molecule has 0 N–H and O–H groups in total. The Kier molecular flexibility index (Phi) is 3.17. The Hall–Kier alpha value is -0.960. The Morgan fingerprint density at radius 3 is 2.75 bits per heavy atom. The number of rotatable bonds is 3. The van der Waals surface area contributed by atoms with Crippen LogP contribution in [0.5, 0.6) is 0 Å². The molecule has 0 bridgehead atoms. The molecule has 3 heteroatoms. The zero-order chi connectivity index (χ0) is 8.97. The van der Waals surface area contributed by atoms with Crippen LogP contribution in [0, 0.1) is 6.92 Å². The Morgan fingerprint density at radius 2 is 2.17 bits per heavy atom. The topological polar surface area (TPSA) is 40.1 Å². The molecule has 0 aliphatic heterocycles. The first-order chi connectivity index (χ1) is 5.70. The van der Waals surface area contributed by atoms with Gasteiger partial charge in [-0.1, -0.05) is 18.2 Å². The maximum Gasteiger partial charge on any atom is 0.0517 e. The molecule has 2 nitrogen and oxygen atoms in total. The average molecular weight is 181 g/mol. The van der Waals surface area contributed by atoms with E-state index >= 15 is 0 Å². The van der Waals surface area contributed by atoms with Gasteiger partial charge < -0.3 is 9.90 Å². The average Bonchev–Trinajstić information content (AvgIpc) is 2.03. The first-order valence-electron chi connectivity index (χ1n) is 3.58. The Bertz CT molecular complexity index is 284. The maximum atomic E-state index is 10.2. The van der Waals surface area contributed by atoms with Crippen molar-refractivity contribution in [3.05, 3.63) is 29.8 Å². The minimum absolute atomic E-state index is 0.0187. The molecule has 0 saturated carbocycles. The van der Waals surface area contributed by atoms with Crippen molar-refractivity contribution in [2.75, 3.05) is 5.75 Å². The molecule has 0 heterocycles. The SMILES string of the molecule is Cc1ccccc1SCC(=O)[O-]. The van der Waals surface area contributed by atoms with Crippen LogP contribution < -0.4 is 5.11 Å². The summed E-state index contributed by atoms with van der Waals surface area (Å²) in [7, 11) is 0. The van der Waals surface area contributed by atoms with Crippen LogP contribution in [0.25, 0.3) is 0 Å². The number of carbonyl (C=O) groups is 1. The van der Waals surface area contributed by atoms with Gasteiger partial charge in [-0.15, -0.1) is 11.8 Å². The normalized spacial score (nSPS) is 9.75. The third kappa shape index (κ3) is 2.58. The molecule has 0 radical (unpaired) electrons. The van der Waals surface area contributed by atoms with Gasteiger partial charge in [0.25, 0.3) is 0 Å². The zero-order valence-corrected chi connectivity index (χ0v) is 7.56. The van der Waals surface area contributed by atoms with Crippen LogP contribution in [-0.4, -0.2) is 11.7 Å². The summed E-state index contributed by atoms with van der Waals surface area (Å²) < 4.78 is 0. The highest BCUT2D eigenvalue weighted by Gasteiger charge is 1.96. The minimum Gasteiger partial charge on any atom is -0.549 e. The number of aryl methyl sites for hydroxylation is 1. The summed E-state index contributed by atoms with van der Waals surface area (Å²) >= 11 is 1.29. The van der Waals surface area contributed by atoms with E-state index in [1.807, 2.05) is 31.2 Å². The van der Waals surface area contributed by atoms with E-state index in [4.69, 9.17) is 0 Å². The van der Waals surface area contributed by atoms with Gasteiger partial charge in [-0.25, -0.2) is 0 Å². The number of carbonyl (C=O) groups excluding carboxylic acids is 1. The molecule has 64 valence electrons. The van der Waals surface area contributed by atoms with Gasteiger partial charge in [0.05, 0.1) is 5.97 Å². The summed E-state index contributed by atoms with van der Waals surface area (Å²) in [5.41, 5.74) is 1.10. The van der Waals surface area contributed by atoms with Crippen molar-refractivity contribution >= 4 is 17.7 Å². The summed E-state index contributed by atoms with van der Waals surface area (Å²) in [6, 6.07) is 7.68. The van der Waals surface area contributed by atoms with Crippen LogP contribution in [0.3, 0.4) is 0 Å². The Balaban J connectivity index is 2.63. The van der Waals surface area contributed by atoms with Crippen LogP contribution in [0.2, 0.25) is 0 Å². The molecule has 12 heavy (non-hydrogen) atoms. The zero-order valence-electron chi connectivity index (χ0n) is 6.74. The molecule has 1 rings (SSSR count). The molecule has 1 aromatic rings. The van der Waals surface area contributed by atoms with Crippen molar-refractivity contribution in [3.63, 3.8) is 0 Å². The van der Waals surface area contributed by atoms with Gasteiger partial charge in [0, 0.05) is 10.6 Å². The van der Waals surface area contributed by atoms with Crippen LogP contribution in [0.15, 0.2) is 29.2 Å². The first kappa shape index (κ1) is 9.13. The fourth-order valence-corrected chi connectivity index (χ4v) is 1.60. The lowest BCUT2D eigenvalue weighted by Crippen LogP contribution is -2.24. The van der Waals surface area contributed by atoms with E-state index in [2.05, 4.69) is 0 Å². The maximum absolute atomic E-state index is 10.2. The molecule has 1 aromatic carbocycles. The van der Waals surface area contributed by atoms with E-state index in [0.717, 1.165) is 10.5 Å². The molecule has 0 amide bonds. The lowest BCUT2D eigenvalue weighted by atomic mass is 10.2. The molecule has 0 aromatic heterocycles. The summed E-state index contributed by atoms with van der Waals surface area (Å²) in [5.74, 6) is -1.01. The lowest BCUT2D eigenvalue weighted by molar-refractivity contribution is -0.301. The van der Waals surface area contributed by atoms with Gasteiger partial charge in [-0.2, -0.15) is 0 Å². The minimum atomic E-state index is -1.02. The molecule has 0 spiro atoms. The largest absolute Gasteiger partial charge is 0.549 e. The summed E-state index contributed by atoms with van der Waals surface area (Å²) in [6.45, 7) is 1.96. The van der Waals surface area contributed by atoms with Crippen LogP contribution in [-0.2, 0) is 4.79 Å². The molecule has 0 atom stereocenters. The van der Waals surface area contributed by atoms with E-state index in [0.29, 0.717) is 0 Å². The van der Waals surface area contributed by atoms with E-state index in [1.165, 1.54) is 11.8 Å². The standard InChI is InChI=1S/C9H10O2S/c1-7-4-2-3-5-8(7)12-6-9(10)11/h2-5H,6H2,1H3,(H,10,11)/p-1. The number of benzene rings is 1. The first-order valence-corrected chi connectivity index (χ1v) is 4.57. The third-order valence-corrected chi connectivity index (χ3v) is 2.59. The monoisotopic (exact) mass is 181 g/mol. The molecule has 0 fully saturated rings. The quantitative estimate of drug-likeness (QED) is 0.649. The molecule has 0 aliphatic carbocycles. The number of hydrogen-bond donors (Lipinski definition) is 0. The number of hydrogen-bond acceptors (Lipinski definition) is 3. The fraction of sp³-hybridized carbons (Fsp3) is 0.222. The summed E-state index contributed by atoms with van der Waals surface area (Å²) in [5, 5.41) is 10.2. The predicted molar refractivity (Wildman–Crippen MR) is 46.9 cm³/mol. The van der Waals surface area contributed by atoms with Gasteiger partial charge in [0.1, 0.15) is 0 Å². The van der Waals surface area contributed by atoms with Gasteiger partial charge in [-0.3, -0.25) is 0 Å². The van der Waals surface area contributed by atoms with Crippen molar-refractivity contribution < 1.29 is 9.90 Å². The summed E-state index contributed by atoms with van der Waals surface area (Å²) in [6.07, 6.45) is 0. The number of carboxylic acids is 1. The molecule has 0 aliphatic rings. The third-order valence-electron chi connectivity index (χ3n) is 1.44. The second-order valence-electron chi connectivity index (χ2n) is 2.43. The molecular formula is C9H9O2S-. The Labute approximate surface area is 75.6 Å². The van der Waals surface area contributed by atoms with Crippen LogP contribution >= 0.6 is 11.8 Å². The highest BCUT2D eigenvalue weighted by Crippen LogP contribution is 2.20. The van der Waals surface area contributed by atoms with E-state index in [9.17, 15) is 9.90 Å². The highest BCUT2D eigenvalue weighted by atomic mass is 32.2. The predicted octanol–water partition coefficient (Wildman–Crippen LogP) is 0.837. The second kappa shape index (κ2) is 4.16. The van der Waals surface area contributed by atoms with Crippen molar-refractivity contribution in [2.45, 2.75) is 11.8 Å². The molecular weight excluding hydrogens is 172 g/mol. The fourth-order valence-electron chi connectivity index (χ4n) is 0.855. The lowest BCUT2D eigenvalue weighted by Gasteiger charge is -2.04. The summed E-state index contributed by atoms with van der Waals surface area (Å²) in [4.78, 5) is 11.2. The van der Waals surface area contributed by atoms with Gasteiger partial charge in [0.15, 0.2) is 0 Å². The molecule has 0 saturated heterocycles. The number of carboxylic acid groups (broad SMARTS) is 1. The van der Waals surface area contributed by atoms with Crippen LogP contribution in [0.1, 0.15) is 5.56 Å². The van der Waals surface area contributed by atoms with E-state index < -0.39 is 5.97 Å². The van der Waals surface area contributed by atoms with E-state index in [-0.39, 0.29) is 5.75 Å². The van der Waals surface area contributed by atoms with Crippen molar-refractivity contribution in [2.24, 2.45) is 0 Å². The van der Waals surface area contributed by atoms with Crippen molar-refractivity contribution in [1.29, 1.82) is 0 Å². The van der Waals surface area contributed by atoms with Gasteiger partial charge in [0.2, 0.25) is 0 Å². The number of aliphatic carboxylic acids is 1. The highest BCUT2D eigenvalue weighted by molar-refractivity contribution is 8.00. The van der Waals surface area contributed by atoms with Crippen molar-refractivity contribution in [1.82, 2.24) is 0 Å². The van der Waals surface area contributed by atoms with Crippen LogP contribution in [0.4, 0.5) is 0 Å². The number of thioether (sulfide) groups is 1. The van der Waals surface area contributed by atoms with Gasteiger partial charge >= 0.3 is 0 Å². The van der Waals surface area contributed by atoms with Crippen molar-refractivity contribution in [3.8, 4) is 0 Å². The second-order valence-corrected chi connectivity index (χ2v) is 3.44. The molecule has 0 unspecified atom stereocenters. The van der Waals surface area contributed by atoms with Gasteiger partial charge in [-0.05, 0) is 18.6 Å². The Morgan fingerprint density at radius 1 is 1.50 bits per heavy atom. The smallest absolute Gasteiger partial charge is 0.0517 e. The van der Waals surface area contributed by atoms with E-state index in [1.54, 1.807) is 0 Å².